The summed E-state index contributed by atoms with van der Waals surface area (Å²) in [4.78, 5) is 27.7. The van der Waals surface area contributed by atoms with Crippen molar-refractivity contribution in [1.29, 1.82) is 0 Å². The Morgan fingerprint density at radius 3 is 2.76 bits per heavy atom. The molecule has 4 rings (SSSR count). The van der Waals surface area contributed by atoms with E-state index in [4.69, 9.17) is 14.3 Å². The molecule has 1 aliphatic rings. The van der Waals surface area contributed by atoms with Gasteiger partial charge in [-0.1, -0.05) is 28.6 Å². The molecule has 0 unspecified atom stereocenters. The summed E-state index contributed by atoms with van der Waals surface area (Å²) < 4.78 is 35.9. The Balaban J connectivity index is 1.55. The molecule has 13 heteroatoms. The van der Waals surface area contributed by atoms with E-state index in [0.717, 1.165) is 4.88 Å². The lowest BCUT2D eigenvalue weighted by Gasteiger charge is -2.11. The SMILES string of the molecule is COCc1cnc(NC(=O)C(=NOCc2nccs2)c2ccc(S(=O)(=O)[C@H]3CCOC3)cc2)s1. The van der Waals surface area contributed by atoms with Crippen LogP contribution in [0.2, 0.25) is 0 Å². The molecule has 180 valence electrons. The maximum Gasteiger partial charge on any atom is 0.280 e. The number of hydrogen-bond acceptors (Lipinski definition) is 11. The molecule has 1 N–H and O–H groups in total. The number of aromatic nitrogens is 2. The standard InChI is InChI=1S/C21H22N4O6S3/c1-29-11-15-10-23-21(33-15)24-20(26)19(25-31-13-18-22-7-9-32-18)14-2-4-16(5-3-14)34(27,28)17-6-8-30-12-17/h2-5,7,9-10,17H,6,8,11-13H2,1H3,(H,23,24,26)/t17-/m0/s1. The van der Waals surface area contributed by atoms with Gasteiger partial charge in [-0.2, -0.15) is 0 Å². The van der Waals surface area contributed by atoms with Gasteiger partial charge < -0.3 is 14.3 Å². The number of hydrogen-bond donors (Lipinski definition) is 1. The lowest BCUT2D eigenvalue weighted by Crippen LogP contribution is -2.25. The van der Waals surface area contributed by atoms with E-state index in [9.17, 15) is 13.2 Å². The van der Waals surface area contributed by atoms with E-state index >= 15 is 0 Å². The third-order valence-corrected chi connectivity index (χ3v) is 8.70. The number of amides is 1. The van der Waals surface area contributed by atoms with Crippen LogP contribution in [0.1, 0.15) is 21.9 Å². The fourth-order valence-corrected chi connectivity index (χ4v) is 6.07. The van der Waals surface area contributed by atoms with Gasteiger partial charge >= 0.3 is 0 Å². The van der Waals surface area contributed by atoms with Gasteiger partial charge in [-0.15, -0.1) is 11.3 Å². The van der Waals surface area contributed by atoms with E-state index in [2.05, 4.69) is 20.4 Å². The molecule has 1 fully saturated rings. The predicted molar refractivity (Wildman–Crippen MR) is 128 cm³/mol. The second-order valence-corrected chi connectivity index (χ2v) is 11.5. The number of sulfone groups is 1. The minimum absolute atomic E-state index is 0.0202. The van der Waals surface area contributed by atoms with E-state index in [0.29, 0.717) is 35.3 Å². The first-order valence-electron chi connectivity index (χ1n) is 10.2. The molecule has 3 heterocycles. The molecule has 1 saturated heterocycles. The first kappa shape index (κ1) is 24.4. The molecule has 10 nitrogen and oxygen atoms in total. The smallest absolute Gasteiger partial charge is 0.280 e. The van der Waals surface area contributed by atoms with Gasteiger partial charge in [0.25, 0.3) is 5.91 Å². The number of anilines is 1. The number of methoxy groups -OCH3 is 1. The Bertz CT molecular complexity index is 1230. The predicted octanol–water partition coefficient (Wildman–Crippen LogP) is 2.87. The van der Waals surface area contributed by atoms with Crippen LogP contribution >= 0.6 is 22.7 Å². The second-order valence-electron chi connectivity index (χ2n) is 7.21. The zero-order chi connectivity index (χ0) is 24.0. The maximum atomic E-state index is 13.0. The Kier molecular flexibility index (Phi) is 8.00. The molecule has 0 spiro atoms. The summed E-state index contributed by atoms with van der Waals surface area (Å²) in [5.41, 5.74) is 0.375. The number of nitrogens with one attached hydrogen (secondary N) is 1. The van der Waals surface area contributed by atoms with Gasteiger partial charge in [-0.3, -0.25) is 10.1 Å². The highest BCUT2D eigenvalue weighted by atomic mass is 32.2. The van der Waals surface area contributed by atoms with Crippen LogP contribution in [0.25, 0.3) is 0 Å². The van der Waals surface area contributed by atoms with Gasteiger partial charge in [-0.25, -0.2) is 18.4 Å². The second kappa shape index (κ2) is 11.1. The van der Waals surface area contributed by atoms with Crippen LogP contribution < -0.4 is 5.32 Å². The summed E-state index contributed by atoms with van der Waals surface area (Å²) in [6, 6.07) is 6.00. The van der Waals surface area contributed by atoms with Crippen molar-refractivity contribution in [2.75, 3.05) is 25.6 Å². The van der Waals surface area contributed by atoms with Gasteiger partial charge in [0.2, 0.25) is 0 Å². The van der Waals surface area contributed by atoms with Crippen LogP contribution in [0.15, 0.2) is 52.1 Å². The molecule has 1 aromatic carbocycles. The summed E-state index contributed by atoms with van der Waals surface area (Å²) in [5.74, 6) is -0.544. The van der Waals surface area contributed by atoms with Crippen molar-refractivity contribution in [1.82, 2.24) is 9.97 Å². The largest absolute Gasteiger partial charge is 0.388 e. The summed E-state index contributed by atoms with van der Waals surface area (Å²) in [6.07, 6.45) is 3.73. The Morgan fingerprint density at radius 2 is 2.09 bits per heavy atom. The molecule has 3 aromatic rings. The molecule has 0 aliphatic carbocycles. The van der Waals surface area contributed by atoms with Crippen LogP contribution in [0, 0.1) is 0 Å². The number of ether oxygens (including phenoxy) is 2. The molecule has 0 bridgehead atoms. The first-order chi connectivity index (χ1) is 16.5. The van der Waals surface area contributed by atoms with Crippen molar-refractivity contribution < 1.29 is 27.5 Å². The highest BCUT2D eigenvalue weighted by Crippen LogP contribution is 2.24. The summed E-state index contributed by atoms with van der Waals surface area (Å²) in [6.45, 7) is 1.09. The Labute approximate surface area is 204 Å². The van der Waals surface area contributed by atoms with Gasteiger partial charge in [0.15, 0.2) is 27.3 Å². The van der Waals surface area contributed by atoms with Crippen LogP contribution in [0.3, 0.4) is 0 Å². The summed E-state index contributed by atoms with van der Waals surface area (Å²) >= 11 is 2.68. The molecule has 1 aliphatic heterocycles. The highest BCUT2D eigenvalue weighted by Gasteiger charge is 2.31. The van der Waals surface area contributed by atoms with Crippen molar-refractivity contribution in [3.63, 3.8) is 0 Å². The lowest BCUT2D eigenvalue weighted by molar-refractivity contribution is -0.110. The third-order valence-electron chi connectivity index (χ3n) is 4.89. The topological polar surface area (TPSA) is 129 Å². The zero-order valence-corrected chi connectivity index (χ0v) is 20.6. The number of carbonyl (C=O) groups is 1. The number of thiazole rings is 2. The van der Waals surface area contributed by atoms with Crippen LogP contribution in [-0.4, -0.2) is 55.6 Å². The first-order valence-corrected chi connectivity index (χ1v) is 13.5. The average Bonchev–Trinajstić information content (AvgIpc) is 3.60. The van der Waals surface area contributed by atoms with Crippen molar-refractivity contribution in [3.05, 3.63) is 57.5 Å². The lowest BCUT2D eigenvalue weighted by atomic mass is 10.1. The van der Waals surface area contributed by atoms with Crippen LogP contribution in [-0.2, 0) is 42.2 Å². The third kappa shape index (κ3) is 5.85. The molecule has 34 heavy (non-hydrogen) atoms. The van der Waals surface area contributed by atoms with Crippen LogP contribution in [0.4, 0.5) is 5.13 Å². The van der Waals surface area contributed by atoms with Crippen molar-refractivity contribution in [3.8, 4) is 0 Å². The zero-order valence-electron chi connectivity index (χ0n) is 18.2. The van der Waals surface area contributed by atoms with Gasteiger partial charge in [0, 0.05) is 37.1 Å². The minimum atomic E-state index is -3.52. The van der Waals surface area contributed by atoms with Gasteiger partial charge in [0.1, 0.15) is 5.01 Å². The molecule has 0 radical (unpaired) electrons. The van der Waals surface area contributed by atoms with Gasteiger partial charge in [-0.05, 0) is 18.6 Å². The molecule has 0 saturated carbocycles. The molecule has 1 amide bonds. The molecule has 2 aromatic heterocycles. The monoisotopic (exact) mass is 522 g/mol. The van der Waals surface area contributed by atoms with E-state index in [1.54, 1.807) is 19.5 Å². The van der Waals surface area contributed by atoms with Gasteiger partial charge in [0.05, 0.1) is 28.2 Å². The number of nitrogens with zero attached hydrogens (tertiary/aromatic N) is 3. The number of oxime groups is 1. The normalized spacial score (nSPS) is 16.5. The van der Waals surface area contributed by atoms with E-state index in [-0.39, 0.29) is 23.8 Å². The number of benzene rings is 1. The Morgan fingerprint density at radius 1 is 1.26 bits per heavy atom. The molecule has 1 atom stereocenters. The van der Waals surface area contributed by atoms with Crippen molar-refractivity contribution >= 4 is 49.3 Å². The van der Waals surface area contributed by atoms with E-state index in [1.807, 2.05) is 5.38 Å². The number of carbonyl (C=O) groups excluding carboxylic acids is 1. The molecular weight excluding hydrogens is 500 g/mol. The quantitative estimate of drug-likeness (QED) is 0.318. The van der Waals surface area contributed by atoms with Crippen molar-refractivity contribution in [2.24, 2.45) is 5.16 Å². The summed E-state index contributed by atoms with van der Waals surface area (Å²) in [7, 11) is -1.95. The number of rotatable bonds is 10. The average molecular weight is 523 g/mol. The van der Waals surface area contributed by atoms with Crippen LogP contribution in [0.5, 0.6) is 0 Å². The maximum absolute atomic E-state index is 13.0. The fraction of sp³-hybridized carbons (Fsp3) is 0.333. The van der Waals surface area contributed by atoms with E-state index in [1.165, 1.54) is 46.9 Å². The summed E-state index contributed by atoms with van der Waals surface area (Å²) in [5, 5.41) is 9.06. The minimum Gasteiger partial charge on any atom is -0.388 e. The highest BCUT2D eigenvalue weighted by molar-refractivity contribution is 7.92. The fourth-order valence-electron chi connectivity index (χ4n) is 3.18. The van der Waals surface area contributed by atoms with E-state index < -0.39 is 21.0 Å². The van der Waals surface area contributed by atoms with Crippen molar-refractivity contribution in [2.45, 2.75) is 29.8 Å². The molecular formula is C21H22N4O6S3. The Hall–Kier alpha value is -2.71.